The molecule has 3 heterocycles. The van der Waals surface area contributed by atoms with Crippen molar-refractivity contribution in [2.24, 2.45) is 17.6 Å². The summed E-state index contributed by atoms with van der Waals surface area (Å²) in [6.45, 7) is 2.16. The van der Waals surface area contributed by atoms with Crippen molar-refractivity contribution in [3.05, 3.63) is 65.2 Å². The third-order valence-corrected chi connectivity index (χ3v) is 7.13. The van der Waals surface area contributed by atoms with Crippen molar-refractivity contribution in [2.45, 2.75) is 37.8 Å². The zero-order valence-corrected chi connectivity index (χ0v) is 18.3. The minimum Gasteiger partial charge on any atom is -0.370 e. The average molecular weight is 447 g/mol. The first-order chi connectivity index (χ1) is 15.8. The van der Waals surface area contributed by atoms with Gasteiger partial charge >= 0.3 is 0 Å². The predicted octanol–water partition coefficient (Wildman–Crippen LogP) is 1.22. The summed E-state index contributed by atoms with van der Waals surface area (Å²) in [7, 11) is 0. The Kier molecular flexibility index (Phi) is 5.05. The van der Waals surface area contributed by atoms with E-state index in [9.17, 15) is 19.2 Å². The Bertz CT molecular complexity index is 1160. The second kappa shape index (κ2) is 7.81. The zero-order valence-electron chi connectivity index (χ0n) is 18.3. The molecule has 2 aromatic rings. The molecule has 8 heteroatoms. The fourth-order valence-corrected chi connectivity index (χ4v) is 5.63. The Morgan fingerprint density at radius 2 is 1.85 bits per heavy atom. The van der Waals surface area contributed by atoms with Crippen LogP contribution >= 0.6 is 0 Å². The largest absolute Gasteiger partial charge is 0.370 e. The maximum absolute atomic E-state index is 13.7. The van der Waals surface area contributed by atoms with Gasteiger partial charge in [-0.1, -0.05) is 48.0 Å². The highest BCUT2D eigenvalue weighted by Gasteiger charge is 2.70. The van der Waals surface area contributed by atoms with Gasteiger partial charge in [0, 0.05) is 30.3 Å². The summed E-state index contributed by atoms with van der Waals surface area (Å²) in [5.74, 6) is -3.08. The quantitative estimate of drug-likeness (QED) is 0.576. The predicted molar refractivity (Wildman–Crippen MR) is 121 cm³/mol. The lowest BCUT2D eigenvalue weighted by Gasteiger charge is -2.29. The molecule has 0 aromatic heterocycles. The molecular formula is C25H26N4O4. The topological polar surface area (TPSA) is 122 Å². The molecule has 33 heavy (non-hydrogen) atoms. The number of nitrogens with zero attached hydrogens (tertiary/aromatic N) is 1. The van der Waals surface area contributed by atoms with E-state index in [0.29, 0.717) is 17.7 Å². The van der Waals surface area contributed by atoms with Crippen LogP contribution in [-0.2, 0) is 31.1 Å². The first kappa shape index (κ1) is 21.3. The number of carbonyl (C=O) groups excluding carboxylic acids is 4. The summed E-state index contributed by atoms with van der Waals surface area (Å²) in [5, 5.41) is 6.21. The number of nitrogens with two attached hydrogens (primary N) is 1. The SMILES string of the molecule is Cc1ccc2c(c1)C1(NC(CCC(N)=O)C3C(=O)N(CCc4ccccc4)C(=O)C31)C(=O)N2. The van der Waals surface area contributed by atoms with Gasteiger partial charge in [0.1, 0.15) is 5.54 Å². The van der Waals surface area contributed by atoms with E-state index in [4.69, 9.17) is 5.73 Å². The number of imide groups is 1. The number of fused-ring (bicyclic) bond motifs is 4. The third-order valence-electron chi connectivity index (χ3n) is 7.13. The molecule has 1 spiro atoms. The van der Waals surface area contributed by atoms with Gasteiger partial charge < -0.3 is 11.1 Å². The van der Waals surface area contributed by atoms with E-state index in [0.717, 1.165) is 11.1 Å². The summed E-state index contributed by atoms with van der Waals surface area (Å²) in [5.41, 5.74) is 7.30. The van der Waals surface area contributed by atoms with E-state index in [2.05, 4.69) is 10.6 Å². The Balaban J connectivity index is 1.53. The van der Waals surface area contributed by atoms with Gasteiger partial charge in [-0.05, 0) is 31.4 Å². The molecule has 2 aromatic carbocycles. The van der Waals surface area contributed by atoms with Crippen LogP contribution in [0.15, 0.2) is 48.5 Å². The summed E-state index contributed by atoms with van der Waals surface area (Å²) in [6.07, 6.45) is 0.870. The molecule has 3 aliphatic heterocycles. The minimum atomic E-state index is -1.34. The molecule has 0 saturated carbocycles. The molecule has 8 nitrogen and oxygen atoms in total. The van der Waals surface area contributed by atoms with Crippen LogP contribution in [0.3, 0.4) is 0 Å². The molecule has 5 rings (SSSR count). The number of nitrogens with one attached hydrogen (secondary N) is 2. The fraction of sp³-hybridized carbons (Fsp3) is 0.360. The van der Waals surface area contributed by atoms with E-state index in [-0.39, 0.29) is 37.1 Å². The van der Waals surface area contributed by atoms with Crippen molar-refractivity contribution in [3.8, 4) is 0 Å². The van der Waals surface area contributed by atoms with E-state index in [1.807, 2.05) is 55.5 Å². The van der Waals surface area contributed by atoms with E-state index >= 15 is 0 Å². The van der Waals surface area contributed by atoms with E-state index < -0.39 is 29.3 Å². The molecule has 0 radical (unpaired) electrons. The minimum absolute atomic E-state index is 0.0603. The maximum atomic E-state index is 13.7. The highest BCUT2D eigenvalue weighted by molar-refractivity contribution is 6.15. The van der Waals surface area contributed by atoms with Crippen LogP contribution in [0.2, 0.25) is 0 Å². The smallest absolute Gasteiger partial charge is 0.250 e. The van der Waals surface area contributed by atoms with Crippen LogP contribution in [0.4, 0.5) is 5.69 Å². The van der Waals surface area contributed by atoms with E-state index in [1.54, 1.807) is 0 Å². The van der Waals surface area contributed by atoms with Crippen molar-refractivity contribution in [1.29, 1.82) is 0 Å². The van der Waals surface area contributed by atoms with Crippen LogP contribution in [0.1, 0.15) is 29.5 Å². The number of primary amides is 1. The Morgan fingerprint density at radius 3 is 2.58 bits per heavy atom. The molecule has 3 aliphatic rings. The van der Waals surface area contributed by atoms with Crippen LogP contribution < -0.4 is 16.4 Å². The van der Waals surface area contributed by atoms with Crippen LogP contribution in [0.25, 0.3) is 0 Å². The molecule has 4 unspecified atom stereocenters. The lowest BCUT2D eigenvalue weighted by atomic mass is 9.76. The van der Waals surface area contributed by atoms with Crippen molar-refractivity contribution in [1.82, 2.24) is 10.2 Å². The first-order valence-corrected chi connectivity index (χ1v) is 11.2. The van der Waals surface area contributed by atoms with Gasteiger partial charge in [0.15, 0.2) is 0 Å². The lowest BCUT2D eigenvalue weighted by Crippen LogP contribution is -2.53. The van der Waals surface area contributed by atoms with Gasteiger partial charge in [0.2, 0.25) is 23.6 Å². The lowest BCUT2D eigenvalue weighted by molar-refractivity contribution is -0.142. The molecular weight excluding hydrogens is 420 g/mol. The fourth-order valence-electron chi connectivity index (χ4n) is 5.63. The standard InChI is InChI=1S/C25H26N4O4/c1-14-7-8-17-16(13-14)25(24(33)27-17)21-20(18(28-25)9-10-19(26)30)22(31)29(23(21)32)12-11-15-5-3-2-4-6-15/h2-8,13,18,20-21,28H,9-12H2,1H3,(H2,26,30)(H,27,33). The molecule has 0 bridgehead atoms. The number of likely N-dealkylation sites (tertiary alicyclic amines) is 1. The third kappa shape index (κ3) is 3.24. The van der Waals surface area contributed by atoms with Crippen LogP contribution in [0.5, 0.6) is 0 Å². The Morgan fingerprint density at radius 1 is 1.09 bits per heavy atom. The molecule has 170 valence electrons. The summed E-state index contributed by atoms with van der Waals surface area (Å²) in [6, 6.07) is 14.7. The number of hydrogen-bond donors (Lipinski definition) is 3. The Hall–Kier alpha value is -3.52. The number of benzene rings is 2. The van der Waals surface area contributed by atoms with Gasteiger partial charge in [-0.2, -0.15) is 0 Å². The second-order valence-corrected chi connectivity index (χ2v) is 9.13. The first-order valence-electron chi connectivity index (χ1n) is 11.2. The molecule has 4 amide bonds. The van der Waals surface area contributed by atoms with E-state index in [1.165, 1.54) is 4.90 Å². The number of hydrogen-bond acceptors (Lipinski definition) is 5. The number of rotatable bonds is 6. The highest BCUT2D eigenvalue weighted by Crippen LogP contribution is 2.53. The van der Waals surface area contributed by atoms with Gasteiger partial charge in [0.25, 0.3) is 0 Å². The molecule has 4 N–H and O–H groups in total. The van der Waals surface area contributed by atoms with Crippen LogP contribution in [-0.4, -0.2) is 41.1 Å². The van der Waals surface area contributed by atoms with Gasteiger partial charge in [-0.15, -0.1) is 0 Å². The number of amides is 4. The summed E-state index contributed by atoms with van der Waals surface area (Å²) in [4.78, 5) is 53.4. The molecule has 0 aliphatic carbocycles. The van der Waals surface area contributed by atoms with Crippen molar-refractivity contribution in [2.75, 3.05) is 11.9 Å². The number of carbonyl (C=O) groups is 4. The van der Waals surface area contributed by atoms with Gasteiger partial charge in [-0.25, -0.2) is 0 Å². The average Bonchev–Trinajstić information content (AvgIpc) is 3.37. The molecule has 4 atom stereocenters. The van der Waals surface area contributed by atoms with Crippen molar-refractivity contribution < 1.29 is 19.2 Å². The van der Waals surface area contributed by atoms with Crippen molar-refractivity contribution >= 4 is 29.3 Å². The van der Waals surface area contributed by atoms with Gasteiger partial charge in [0.05, 0.1) is 11.8 Å². The molecule has 2 fully saturated rings. The van der Waals surface area contributed by atoms with Crippen LogP contribution in [0, 0.1) is 18.8 Å². The normalized spacial score (nSPS) is 27.7. The maximum Gasteiger partial charge on any atom is 0.250 e. The molecule has 2 saturated heterocycles. The second-order valence-electron chi connectivity index (χ2n) is 9.13. The zero-order chi connectivity index (χ0) is 23.3. The monoisotopic (exact) mass is 446 g/mol. The van der Waals surface area contributed by atoms with Crippen molar-refractivity contribution in [3.63, 3.8) is 0 Å². The van der Waals surface area contributed by atoms with Gasteiger partial charge in [-0.3, -0.25) is 29.4 Å². The Labute approximate surface area is 191 Å². The summed E-state index contributed by atoms with van der Waals surface area (Å²) < 4.78 is 0. The number of anilines is 1. The highest BCUT2D eigenvalue weighted by atomic mass is 16.2. The number of aryl methyl sites for hydroxylation is 1. The summed E-state index contributed by atoms with van der Waals surface area (Å²) >= 11 is 0.